The van der Waals surface area contributed by atoms with Crippen LogP contribution in [0.15, 0.2) is 42.5 Å². The summed E-state index contributed by atoms with van der Waals surface area (Å²) in [4.78, 5) is 29.2. The van der Waals surface area contributed by atoms with Crippen molar-refractivity contribution in [2.75, 3.05) is 0 Å². The number of benzene rings is 2. The SMILES string of the molecule is CCCc1nc(C(C)(C)O)c(CNC(=O)C(S)CC(C)C)n1Cc1ccc(-c2cccc(F)c2C(=O)O)cc1. The van der Waals surface area contributed by atoms with Gasteiger partial charge in [0.2, 0.25) is 5.91 Å². The second kappa shape index (κ2) is 12.8. The number of hydrogen-bond donors (Lipinski definition) is 4. The average molecular weight is 556 g/mol. The van der Waals surface area contributed by atoms with Crippen molar-refractivity contribution in [3.63, 3.8) is 0 Å². The van der Waals surface area contributed by atoms with Gasteiger partial charge in [-0.1, -0.05) is 57.2 Å². The molecule has 0 spiro atoms. The summed E-state index contributed by atoms with van der Waals surface area (Å²) in [5.41, 5.74) is 1.44. The fourth-order valence-electron chi connectivity index (χ4n) is 4.60. The van der Waals surface area contributed by atoms with E-state index in [0.717, 1.165) is 23.9 Å². The minimum atomic E-state index is -1.32. The quantitative estimate of drug-likeness (QED) is 0.219. The molecule has 39 heavy (non-hydrogen) atoms. The molecule has 1 aromatic heterocycles. The second-order valence-electron chi connectivity index (χ2n) is 10.7. The number of aromatic carboxylic acids is 1. The van der Waals surface area contributed by atoms with E-state index in [1.165, 1.54) is 6.07 Å². The molecule has 1 atom stereocenters. The first kappa shape index (κ1) is 30.4. The Bertz CT molecular complexity index is 1310. The number of aliphatic hydroxyl groups is 1. The smallest absolute Gasteiger partial charge is 0.339 e. The molecule has 0 aliphatic carbocycles. The summed E-state index contributed by atoms with van der Waals surface area (Å²) in [5, 5.41) is 22.9. The summed E-state index contributed by atoms with van der Waals surface area (Å²) in [6.45, 7) is 10.1. The van der Waals surface area contributed by atoms with E-state index in [1.54, 1.807) is 32.0 Å². The molecule has 1 unspecified atom stereocenters. The largest absolute Gasteiger partial charge is 0.478 e. The summed E-state index contributed by atoms with van der Waals surface area (Å²) >= 11 is 4.46. The third kappa shape index (κ3) is 7.48. The maximum absolute atomic E-state index is 14.2. The van der Waals surface area contributed by atoms with Crippen molar-refractivity contribution in [1.29, 1.82) is 0 Å². The summed E-state index contributed by atoms with van der Waals surface area (Å²) in [6, 6.07) is 11.5. The Morgan fingerprint density at radius 2 is 1.82 bits per heavy atom. The van der Waals surface area contributed by atoms with Crippen molar-refractivity contribution in [1.82, 2.24) is 14.9 Å². The molecular formula is C30H38FN3O4S. The van der Waals surface area contributed by atoms with E-state index in [4.69, 9.17) is 4.98 Å². The van der Waals surface area contributed by atoms with Gasteiger partial charge < -0.3 is 20.1 Å². The normalized spacial score (nSPS) is 12.5. The van der Waals surface area contributed by atoms with Gasteiger partial charge in [0.25, 0.3) is 0 Å². The Morgan fingerprint density at radius 3 is 2.38 bits per heavy atom. The van der Waals surface area contributed by atoms with E-state index >= 15 is 0 Å². The third-order valence-corrected chi connectivity index (χ3v) is 6.91. The van der Waals surface area contributed by atoms with Crippen molar-refractivity contribution in [3.8, 4) is 11.1 Å². The first-order chi connectivity index (χ1) is 18.3. The predicted molar refractivity (Wildman–Crippen MR) is 153 cm³/mol. The molecule has 0 radical (unpaired) electrons. The number of carbonyl (C=O) groups is 2. The molecule has 2 aromatic carbocycles. The van der Waals surface area contributed by atoms with E-state index in [-0.39, 0.29) is 18.0 Å². The minimum Gasteiger partial charge on any atom is -0.478 e. The van der Waals surface area contributed by atoms with Crippen LogP contribution in [0, 0.1) is 11.7 Å². The van der Waals surface area contributed by atoms with Crippen molar-refractivity contribution >= 4 is 24.5 Å². The van der Waals surface area contributed by atoms with Crippen molar-refractivity contribution < 1.29 is 24.2 Å². The number of imidazole rings is 1. The van der Waals surface area contributed by atoms with E-state index in [0.29, 0.717) is 47.8 Å². The van der Waals surface area contributed by atoms with E-state index in [1.807, 2.05) is 30.5 Å². The minimum absolute atomic E-state index is 0.174. The maximum Gasteiger partial charge on any atom is 0.339 e. The first-order valence-electron chi connectivity index (χ1n) is 13.2. The number of aromatic nitrogens is 2. The molecule has 0 saturated carbocycles. The number of aryl methyl sites for hydroxylation is 1. The fraction of sp³-hybridized carbons (Fsp3) is 0.433. The van der Waals surface area contributed by atoms with Crippen LogP contribution in [0.5, 0.6) is 0 Å². The van der Waals surface area contributed by atoms with Gasteiger partial charge in [0.1, 0.15) is 22.8 Å². The fourth-order valence-corrected chi connectivity index (χ4v) is 5.12. The second-order valence-corrected chi connectivity index (χ2v) is 11.4. The molecular weight excluding hydrogens is 517 g/mol. The highest BCUT2D eigenvalue weighted by atomic mass is 32.1. The first-order valence-corrected chi connectivity index (χ1v) is 13.7. The Labute approximate surface area is 234 Å². The standard InChI is InChI=1S/C30H38FN3O4S/c1-6-8-25-33-27(30(4,5)38)23(16-32-28(35)24(39)15-18(2)3)34(25)17-19-11-13-20(14-12-19)21-9-7-10-22(31)26(21)29(36)37/h7,9-14,18,24,38-39H,6,8,15-17H2,1-5H3,(H,32,35)(H,36,37). The Hall–Kier alpha value is -3.17. The number of thiol groups is 1. The van der Waals surface area contributed by atoms with Gasteiger partial charge in [-0.2, -0.15) is 12.6 Å². The molecule has 0 fully saturated rings. The van der Waals surface area contributed by atoms with E-state index < -0.39 is 22.6 Å². The molecule has 3 aromatic rings. The summed E-state index contributed by atoms with van der Waals surface area (Å²) in [6.07, 6.45) is 2.18. The maximum atomic E-state index is 14.2. The number of amides is 1. The zero-order valence-electron chi connectivity index (χ0n) is 23.2. The Balaban J connectivity index is 1.96. The van der Waals surface area contributed by atoms with Gasteiger partial charge in [-0.25, -0.2) is 14.2 Å². The van der Waals surface area contributed by atoms with Gasteiger partial charge in [0.15, 0.2) is 0 Å². The number of nitrogens with zero attached hydrogens (tertiary/aromatic N) is 2. The molecule has 0 aliphatic rings. The zero-order valence-corrected chi connectivity index (χ0v) is 24.1. The molecule has 0 saturated heterocycles. The lowest BCUT2D eigenvalue weighted by Crippen LogP contribution is -2.33. The third-order valence-electron chi connectivity index (χ3n) is 6.47. The highest BCUT2D eigenvalue weighted by Gasteiger charge is 2.28. The molecule has 1 amide bonds. The van der Waals surface area contributed by atoms with Crippen LogP contribution in [-0.4, -0.2) is 36.9 Å². The summed E-state index contributed by atoms with van der Waals surface area (Å²) in [5.74, 6) is -1.15. The number of halogens is 1. The molecule has 3 rings (SSSR count). The lowest BCUT2D eigenvalue weighted by Gasteiger charge is -2.20. The number of carboxylic acids is 1. The molecule has 0 bridgehead atoms. The van der Waals surface area contributed by atoms with Gasteiger partial charge in [0.05, 0.1) is 23.2 Å². The topological polar surface area (TPSA) is 104 Å². The molecule has 0 aliphatic heterocycles. The van der Waals surface area contributed by atoms with Gasteiger partial charge in [0, 0.05) is 13.0 Å². The molecule has 210 valence electrons. The van der Waals surface area contributed by atoms with E-state index in [9.17, 15) is 24.2 Å². The molecule has 1 heterocycles. The molecule has 7 nitrogen and oxygen atoms in total. The Kier molecular flexibility index (Phi) is 9.96. The zero-order chi connectivity index (χ0) is 28.9. The highest BCUT2D eigenvalue weighted by molar-refractivity contribution is 7.81. The van der Waals surface area contributed by atoms with Crippen molar-refractivity contribution in [2.45, 2.75) is 77.8 Å². The number of rotatable bonds is 12. The lowest BCUT2D eigenvalue weighted by molar-refractivity contribution is -0.121. The van der Waals surface area contributed by atoms with Crippen LogP contribution in [0.2, 0.25) is 0 Å². The van der Waals surface area contributed by atoms with E-state index in [2.05, 4.69) is 24.9 Å². The van der Waals surface area contributed by atoms with Crippen LogP contribution in [-0.2, 0) is 29.9 Å². The van der Waals surface area contributed by atoms with Gasteiger partial charge in [-0.05, 0) is 55.4 Å². The van der Waals surface area contributed by atoms with Crippen LogP contribution in [0.3, 0.4) is 0 Å². The average Bonchev–Trinajstić information content (AvgIpc) is 3.19. The number of carboxylic acid groups (broad SMARTS) is 1. The van der Waals surface area contributed by atoms with Crippen LogP contribution in [0.4, 0.5) is 4.39 Å². The molecule has 3 N–H and O–H groups in total. The van der Waals surface area contributed by atoms with Crippen molar-refractivity contribution in [2.24, 2.45) is 5.92 Å². The van der Waals surface area contributed by atoms with Crippen LogP contribution in [0.1, 0.15) is 80.6 Å². The number of nitrogens with one attached hydrogen (secondary N) is 1. The lowest BCUT2D eigenvalue weighted by atomic mass is 9.98. The Morgan fingerprint density at radius 1 is 1.15 bits per heavy atom. The highest BCUT2D eigenvalue weighted by Crippen LogP contribution is 2.29. The summed E-state index contributed by atoms with van der Waals surface area (Å²) in [7, 11) is 0. The van der Waals surface area contributed by atoms with Gasteiger partial charge in [-0.3, -0.25) is 4.79 Å². The van der Waals surface area contributed by atoms with Crippen LogP contribution < -0.4 is 5.32 Å². The van der Waals surface area contributed by atoms with Gasteiger partial charge >= 0.3 is 5.97 Å². The molecule has 9 heteroatoms. The summed E-state index contributed by atoms with van der Waals surface area (Å²) < 4.78 is 16.2. The van der Waals surface area contributed by atoms with Gasteiger partial charge in [-0.15, -0.1) is 0 Å². The van der Waals surface area contributed by atoms with Crippen LogP contribution >= 0.6 is 12.6 Å². The number of carbonyl (C=O) groups excluding carboxylic acids is 1. The van der Waals surface area contributed by atoms with Crippen LogP contribution in [0.25, 0.3) is 11.1 Å². The van der Waals surface area contributed by atoms with Crippen molar-refractivity contribution in [3.05, 3.63) is 76.6 Å². The predicted octanol–water partition coefficient (Wildman–Crippen LogP) is 5.58. The number of hydrogen-bond acceptors (Lipinski definition) is 5. The monoisotopic (exact) mass is 555 g/mol.